The molecule has 0 bridgehead atoms. The number of amides is 1. The summed E-state index contributed by atoms with van der Waals surface area (Å²) in [6.07, 6.45) is 3.94. The molecule has 0 spiro atoms. The average Bonchev–Trinajstić information content (AvgIpc) is 2.92. The van der Waals surface area contributed by atoms with E-state index in [1.807, 2.05) is 0 Å². The molecule has 1 amide bonds. The van der Waals surface area contributed by atoms with Gasteiger partial charge in [0.05, 0.1) is 5.41 Å². The molecule has 3 nitrogen and oxygen atoms in total. The Morgan fingerprint density at radius 3 is 3.05 bits per heavy atom. The molecule has 2 atom stereocenters. The molecule has 2 unspecified atom stereocenters. The van der Waals surface area contributed by atoms with E-state index in [0.717, 1.165) is 38.8 Å². The van der Waals surface area contributed by atoms with E-state index in [1.165, 1.54) is 5.56 Å². The van der Waals surface area contributed by atoms with Gasteiger partial charge in [-0.2, -0.15) is 11.3 Å². The van der Waals surface area contributed by atoms with Crippen LogP contribution in [0.15, 0.2) is 16.8 Å². The summed E-state index contributed by atoms with van der Waals surface area (Å²) >= 11 is 1.71. The molecule has 0 saturated carbocycles. The van der Waals surface area contributed by atoms with Gasteiger partial charge in [0.1, 0.15) is 0 Å². The fourth-order valence-electron chi connectivity index (χ4n) is 2.81. The Morgan fingerprint density at radius 2 is 2.47 bits per heavy atom. The first-order valence-corrected chi connectivity index (χ1v) is 8.13. The van der Waals surface area contributed by atoms with Crippen molar-refractivity contribution in [3.8, 4) is 0 Å². The second-order valence-electron chi connectivity index (χ2n) is 5.62. The molecule has 4 heteroatoms. The first kappa shape index (κ1) is 14.5. The molecule has 106 valence electrons. The second kappa shape index (κ2) is 6.53. The molecular formula is C15H24N2OS. The van der Waals surface area contributed by atoms with Crippen LogP contribution in [0.5, 0.6) is 0 Å². The fourth-order valence-corrected chi connectivity index (χ4v) is 3.50. The van der Waals surface area contributed by atoms with Crippen LogP contribution < -0.4 is 10.6 Å². The van der Waals surface area contributed by atoms with Crippen LogP contribution in [-0.2, 0) is 11.2 Å². The van der Waals surface area contributed by atoms with Gasteiger partial charge in [-0.3, -0.25) is 4.79 Å². The van der Waals surface area contributed by atoms with Crippen molar-refractivity contribution in [2.75, 3.05) is 13.1 Å². The minimum atomic E-state index is -0.193. The van der Waals surface area contributed by atoms with Crippen LogP contribution >= 0.6 is 11.3 Å². The van der Waals surface area contributed by atoms with Gasteiger partial charge >= 0.3 is 0 Å². The average molecular weight is 280 g/mol. The normalized spacial score (nSPS) is 24.9. The third kappa shape index (κ3) is 3.57. The zero-order valence-electron chi connectivity index (χ0n) is 11.9. The molecule has 2 rings (SSSR count). The second-order valence-corrected chi connectivity index (χ2v) is 6.40. The van der Waals surface area contributed by atoms with Crippen molar-refractivity contribution in [3.05, 3.63) is 22.4 Å². The lowest BCUT2D eigenvalue weighted by atomic mass is 9.77. The van der Waals surface area contributed by atoms with E-state index >= 15 is 0 Å². The zero-order chi connectivity index (χ0) is 13.7. The van der Waals surface area contributed by atoms with Crippen molar-refractivity contribution in [2.45, 2.75) is 45.6 Å². The van der Waals surface area contributed by atoms with Gasteiger partial charge < -0.3 is 10.6 Å². The van der Waals surface area contributed by atoms with E-state index < -0.39 is 0 Å². The van der Waals surface area contributed by atoms with Crippen LogP contribution in [0.2, 0.25) is 0 Å². The van der Waals surface area contributed by atoms with Gasteiger partial charge in [0.25, 0.3) is 0 Å². The highest BCUT2D eigenvalue weighted by molar-refractivity contribution is 7.07. The molecule has 0 aromatic carbocycles. The number of hydrogen-bond donors (Lipinski definition) is 2. The molecule has 1 saturated heterocycles. The largest absolute Gasteiger partial charge is 0.353 e. The highest BCUT2D eigenvalue weighted by Gasteiger charge is 2.38. The van der Waals surface area contributed by atoms with Gasteiger partial charge in [-0.25, -0.2) is 0 Å². The third-order valence-corrected chi connectivity index (χ3v) is 4.86. The molecule has 1 aliphatic rings. The molecule has 2 N–H and O–H groups in total. The summed E-state index contributed by atoms with van der Waals surface area (Å²) in [6.45, 7) is 6.07. The van der Waals surface area contributed by atoms with E-state index in [1.54, 1.807) is 11.3 Å². The minimum absolute atomic E-state index is 0.193. The number of carbonyl (C=O) groups excluding carboxylic acids is 1. The summed E-state index contributed by atoms with van der Waals surface area (Å²) in [7, 11) is 0. The first-order chi connectivity index (χ1) is 9.16. The smallest absolute Gasteiger partial charge is 0.227 e. The maximum atomic E-state index is 12.5. The Labute approximate surface area is 119 Å². The Bertz CT molecular complexity index is 396. The van der Waals surface area contributed by atoms with E-state index in [2.05, 4.69) is 41.3 Å². The number of nitrogens with one attached hydrogen (secondary N) is 2. The van der Waals surface area contributed by atoms with Crippen LogP contribution in [0.4, 0.5) is 0 Å². The summed E-state index contributed by atoms with van der Waals surface area (Å²) in [5.74, 6) is 0.227. The number of piperidine rings is 1. The Balaban J connectivity index is 1.91. The summed E-state index contributed by atoms with van der Waals surface area (Å²) in [4.78, 5) is 12.5. The lowest BCUT2D eigenvalue weighted by Gasteiger charge is -2.36. The van der Waals surface area contributed by atoms with Gasteiger partial charge in [0.15, 0.2) is 0 Å². The number of hydrogen-bond acceptors (Lipinski definition) is 3. The molecular weight excluding hydrogens is 256 g/mol. The van der Waals surface area contributed by atoms with E-state index in [4.69, 9.17) is 0 Å². The van der Waals surface area contributed by atoms with Crippen LogP contribution in [0.25, 0.3) is 0 Å². The summed E-state index contributed by atoms with van der Waals surface area (Å²) in [5.41, 5.74) is 1.12. The van der Waals surface area contributed by atoms with Crippen molar-refractivity contribution >= 4 is 17.2 Å². The van der Waals surface area contributed by atoms with E-state index in [0.29, 0.717) is 0 Å². The predicted octanol–water partition coefficient (Wildman–Crippen LogP) is 2.58. The maximum Gasteiger partial charge on any atom is 0.227 e. The molecule has 1 fully saturated rings. The first-order valence-electron chi connectivity index (χ1n) is 7.19. The molecule has 0 radical (unpaired) electrons. The molecule has 0 aliphatic carbocycles. The highest BCUT2D eigenvalue weighted by Crippen LogP contribution is 2.30. The third-order valence-electron chi connectivity index (χ3n) is 4.13. The number of carbonyl (C=O) groups is 1. The Kier molecular flexibility index (Phi) is 4.99. The SMILES string of the molecule is CCC1(C(=O)NC(C)Cc2ccsc2)CCCNC1. The highest BCUT2D eigenvalue weighted by atomic mass is 32.1. The number of thiophene rings is 1. The molecule has 1 aromatic heterocycles. The van der Waals surface area contributed by atoms with Crippen molar-refractivity contribution in [2.24, 2.45) is 5.41 Å². The quantitative estimate of drug-likeness (QED) is 0.870. The lowest BCUT2D eigenvalue weighted by Crippen LogP contribution is -2.52. The molecule has 19 heavy (non-hydrogen) atoms. The minimum Gasteiger partial charge on any atom is -0.353 e. The zero-order valence-corrected chi connectivity index (χ0v) is 12.7. The van der Waals surface area contributed by atoms with Gasteiger partial charge in [-0.05, 0) is 61.5 Å². The molecule has 2 heterocycles. The van der Waals surface area contributed by atoms with Crippen LogP contribution in [0.3, 0.4) is 0 Å². The van der Waals surface area contributed by atoms with Gasteiger partial charge in [0.2, 0.25) is 5.91 Å². The van der Waals surface area contributed by atoms with Crippen molar-refractivity contribution < 1.29 is 4.79 Å². The van der Waals surface area contributed by atoms with Crippen LogP contribution in [0, 0.1) is 5.41 Å². The maximum absolute atomic E-state index is 12.5. The van der Waals surface area contributed by atoms with E-state index in [9.17, 15) is 4.79 Å². The predicted molar refractivity (Wildman–Crippen MR) is 80.5 cm³/mol. The van der Waals surface area contributed by atoms with Gasteiger partial charge in [-0.15, -0.1) is 0 Å². The monoisotopic (exact) mass is 280 g/mol. The standard InChI is InChI=1S/C15H24N2OS/c1-3-15(6-4-7-16-11-15)14(18)17-12(2)9-13-5-8-19-10-13/h5,8,10,12,16H,3-4,6-7,9,11H2,1-2H3,(H,17,18). The van der Waals surface area contributed by atoms with E-state index in [-0.39, 0.29) is 17.4 Å². The number of rotatable bonds is 5. The topological polar surface area (TPSA) is 41.1 Å². The summed E-state index contributed by atoms with van der Waals surface area (Å²) in [5, 5.41) is 10.8. The summed E-state index contributed by atoms with van der Waals surface area (Å²) in [6, 6.07) is 2.33. The van der Waals surface area contributed by atoms with Gasteiger partial charge in [0, 0.05) is 12.6 Å². The Hall–Kier alpha value is -0.870. The van der Waals surface area contributed by atoms with Crippen LogP contribution in [0.1, 0.15) is 38.7 Å². The fraction of sp³-hybridized carbons (Fsp3) is 0.667. The van der Waals surface area contributed by atoms with Crippen LogP contribution in [-0.4, -0.2) is 25.0 Å². The van der Waals surface area contributed by atoms with Gasteiger partial charge in [-0.1, -0.05) is 6.92 Å². The van der Waals surface area contributed by atoms with Crippen molar-refractivity contribution in [1.29, 1.82) is 0 Å². The van der Waals surface area contributed by atoms with Crippen molar-refractivity contribution in [1.82, 2.24) is 10.6 Å². The van der Waals surface area contributed by atoms with Crippen molar-refractivity contribution in [3.63, 3.8) is 0 Å². The lowest BCUT2D eigenvalue weighted by molar-refractivity contribution is -0.133. The molecule has 1 aromatic rings. The summed E-state index contributed by atoms with van der Waals surface area (Å²) < 4.78 is 0. The Morgan fingerprint density at radius 1 is 1.63 bits per heavy atom. The molecule has 1 aliphatic heterocycles.